The van der Waals surface area contributed by atoms with Gasteiger partial charge in [-0.1, -0.05) is 38.1 Å². The number of halogens is 1. The number of aryl methyl sites for hydroxylation is 1. The molecule has 1 aromatic heterocycles. The number of carbonyl (C=O) groups is 1. The highest BCUT2D eigenvalue weighted by Crippen LogP contribution is 2.23. The lowest BCUT2D eigenvalue weighted by molar-refractivity contribution is -0.131. The van der Waals surface area contributed by atoms with Gasteiger partial charge in [0.25, 0.3) is 0 Å². The normalized spacial score (nSPS) is 13.2. The van der Waals surface area contributed by atoms with E-state index in [1.807, 2.05) is 35.8 Å². The first-order chi connectivity index (χ1) is 14.9. The molecule has 7 nitrogen and oxygen atoms in total. The molecule has 32 heavy (non-hydrogen) atoms. The average Bonchev–Trinajstić information content (AvgIpc) is 3.33. The summed E-state index contributed by atoms with van der Waals surface area (Å²) in [5.41, 5.74) is 4.87. The van der Waals surface area contributed by atoms with Crippen molar-refractivity contribution < 1.29 is 4.79 Å². The fraction of sp³-hybridized carbons (Fsp3) is 0.542. The summed E-state index contributed by atoms with van der Waals surface area (Å²) in [7, 11) is 4.01. The van der Waals surface area contributed by atoms with Crippen molar-refractivity contribution in [3.8, 4) is 0 Å². The summed E-state index contributed by atoms with van der Waals surface area (Å²) in [5.74, 6) is 1.45. The molecule has 0 spiro atoms. The van der Waals surface area contributed by atoms with Gasteiger partial charge in [-0.25, -0.2) is 0 Å². The molecule has 1 aliphatic rings. The molecule has 2 aromatic rings. The van der Waals surface area contributed by atoms with Crippen molar-refractivity contribution in [1.29, 1.82) is 0 Å². The predicted molar refractivity (Wildman–Crippen MR) is 140 cm³/mol. The molecule has 0 radical (unpaired) electrons. The summed E-state index contributed by atoms with van der Waals surface area (Å²) in [5, 5.41) is 7.97. The Hall–Kier alpha value is -2.10. The molecule has 1 aromatic carbocycles. The summed E-state index contributed by atoms with van der Waals surface area (Å²) >= 11 is 0. The minimum atomic E-state index is 0. The monoisotopic (exact) mass is 552 g/mol. The van der Waals surface area contributed by atoms with Gasteiger partial charge >= 0.3 is 0 Å². The molecule has 8 heteroatoms. The van der Waals surface area contributed by atoms with Crippen LogP contribution in [-0.4, -0.2) is 51.6 Å². The number of aliphatic imine (C=N–C) groups is 1. The van der Waals surface area contributed by atoms with Crippen molar-refractivity contribution in [3.63, 3.8) is 0 Å². The van der Waals surface area contributed by atoms with Crippen LogP contribution in [0.3, 0.4) is 0 Å². The van der Waals surface area contributed by atoms with Crippen LogP contribution in [0.25, 0.3) is 0 Å². The summed E-state index contributed by atoms with van der Waals surface area (Å²) < 4.78 is 1.88. The number of amides is 1. The van der Waals surface area contributed by atoms with Gasteiger partial charge in [-0.2, -0.15) is 5.10 Å². The highest BCUT2D eigenvalue weighted by Gasteiger charge is 2.22. The Kier molecular flexibility index (Phi) is 9.99. The Labute approximate surface area is 209 Å². The lowest BCUT2D eigenvalue weighted by Gasteiger charge is -2.22. The van der Waals surface area contributed by atoms with Crippen molar-refractivity contribution in [1.82, 2.24) is 24.9 Å². The summed E-state index contributed by atoms with van der Waals surface area (Å²) in [6.45, 7) is 10.0. The lowest BCUT2D eigenvalue weighted by atomic mass is 10.1. The zero-order valence-corrected chi connectivity index (χ0v) is 22.3. The van der Waals surface area contributed by atoms with E-state index in [9.17, 15) is 4.79 Å². The third kappa shape index (κ3) is 6.70. The quantitative estimate of drug-likeness (QED) is 0.234. The Balaban J connectivity index is 0.00000363. The number of rotatable bonds is 8. The van der Waals surface area contributed by atoms with Crippen molar-refractivity contribution in [2.75, 3.05) is 20.1 Å². The summed E-state index contributed by atoms with van der Waals surface area (Å²) in [6.07, 6.45) is 3.36. The van der Waals surface area contributed by atoms with Gasteiger partial charge in [-0.15, -0.1) is 24.0 Å². The number of aromatic nitrogens is 2. The van der Waals surface area contributed by atoms with E-state index in [-0.39, 0.29) is 29.9 Å². The maximum Gasteiger partial charge on any atom is 0.223 e. The standard InChI is InChI=1S/C24H36N6O.HI/c1-6-25-24(28(4)14-21-15-29(5)27-23(21)18(2)3)26-13-9-12-22(31)30-16-19-10-7-8-11-20(19)17-30;/h7-8,10-11,15,18H,6,9,12-14,16-17H2,1-5H3,(H,25,26);1H. The smallest absolute Gasteiger partial charge is 0.223 e. The number of nitrogens with one attached hydrogen (secondary N) is 1. The zero-order chi connectivity index (χ0) is 22.4. The molecule has 1 amide bonds. The number of hydrogen-bond acceptors (Lipinski definition) is 3. The second kappa shape index (κ2) is 12.2. The van der Waals surface area contributed by atoms with Crippen LogP contribution in [0.5, 0.6) is 0 Å². The highest BCUT2D eigenvalue weighted by atomic mass is 127. The molecule has 0 bridgehead atoms. The first kappa shape index (κ1) is 26.2. The van der Waals surface area contributed by atoms with Crippen molar-refractivity contribution in [2.24, 2.45) is 12.0 Å². The van der Waals surface area contributed by atoms with Crippen LogP contribution in [0.2, 0.25) is 0 Å². The average molecular weight is 553 g/mol. The molecule has 0 saturated carbocycles. The Morgan fingerprint density at radius 1 is 1.25 bits per heavy atom. The van der Waals surface area contributed by atoms with Gasteiger partial charge in [0, 0.05) is 65.0 Å². The van der Waals surface area contributed by atoms with Crippen LogP contribution in [-0.2, 0) is 31.5 Å². The van der Waals surface area contributed by atoms with Crippen molar-refractivity contribution >= 4 is 35.8 Å². The fourth-order valence-electron chi connectivity index (χ4n) is 4.05. The van der Waals surface area contributed by atoms with Gasteiger partial charge in [0.1, 0.15) is 0 Å². The number of fused-ring (bicyclic) bond motifs is 1. The van der Waals surface area contributed by atoms with Crippen LogP contribution in [0.4, 0.5) is 0 Å². The molecule has 0 aliphatic carbocycles. The van der Waals surface area contributed by atoms with E-state index in [2.05, 4.69) is 54.4 Å². The Bertz CT molecular complexity index is 898. The third-order valence-corrected chi connectivity index (χ3v) is 5.59. The predicted octanol–water partition coefficient (Wildman–Crippen LogP) is 3.88. The minimum Gasteiger partial charge on any atom is -0.357 e. The molecule has 176 valence electrons. The molecule has 0 fully saturated rings. The molecule has 0 unspecified atom stereocenters. The van der Waals surface area contributed by atoms with E-state index >= 15 is 0 Å². The van der Waals surface area contributed by atoms with Gasteiger partial charge in [0.05, 0.1) is 5.69 Å². The number of hydrogen-bond donors (Lipinski definition) is 1. The van der Waals surface area contributed by atoms with Gasteiger partial charge in [0.2, 0.25) is 5.91 Å². The molecule has 2 heterocycles. The van der Waals surface area contributed by atoms with Crippen LogP contribution >= 0.6 is 24.0 Å². The molecule has 3 rings (SSSR count). The maximum atomic E-state index is 12.6. The van der Waals surface area contributed by atoms with Crippen LogP contribution < -0.4 is 5.32 Å². The minimum absolute atomic E-state index is 0. The van der Waals surface area contributed by atoms with Gasteiger partial charge in [-0.3, -0.25) is 14.5 Å². The van der Waals surface area contributed by atoms with Gasteiger partial charge < -0.3 is 15.1 Å². The summed E-state index contributed by atoms with van der Waals surface area (Å²) in [6, 6.07) is 8.29. The van der Waals surface area contributed by atoms with E-state index in [0.717, 1.165) is 44.3 Å². The fourth-order valence-corrected chi connectivity index (χ4v) is 4.05. The largest absolute Gasteiger partial charge is 0.357 e. The summed E-state index contributed by atoms with van der Waals surface area (Å²) in [4.78, 5) is 21.4. The van der Waals surface area contributed by atoms with E-state index in [1.165, 1.54) is 16.7 Å². The molecular weight excluding hydrogens is 515 g/mol. The van der Waals surface area contributed by atoms with E-state index < -0.39 is 0 Å². The highest BCUT2D eigenvalue weighted by molar-refractivity contribution is 14.0. The van der Waals surface area contributed by atoms with E-state index in [0.29, 0.717) is 18.9 Å². The second-order valence-electron chi connectivity index (χ2n) is 8.58. The number of benzene rings is 1. The maximum absolute atomic E-state index is 12.6. The Morgan fingerprint density at radius 3 is 2.50 bits per heavy atom. The van der Waals surface area contributed by atoms with E-state index in [4.69, 9.17) is 4.99 Å². The number of guanidine groups is 1. The van der Waals surface area contributed by atoms with Crippen LogP contribution in [0.1, 0.15) is 61.9 Å². The second-order valence-corrected chi connectivity index (χ2v) is 8.58. The Morgan fingerprint density at radius 2 is 1.91 bits per heavy atom. The zero-order valence-electron chi connectivity index (χ0n) is 20.0. The number of nitrogens with zero attached hydrogens (tertiary/aromatic N) is 5. The SMILES string of the molecule is CCNC(=NCCCC(=O)N1Cc2ccccc2C1)N(C)Cc1cn(C)nc1C(C)C.I. The molecule has 0 atom stereocenters. The van der Waals surface area contributed by atoms with Crippen LogP contribution in [0.15, 0.2) is 35.5 Å². The van der Waals surface area contributed by atoms with Gasteiger partial charge in [-0.05, 0) is 30.4 Å². The topological polar surface area (TPSA) is 65.8 Å². The van der Waals surface area contributed by atoms with Crippen molar-refractivity contribution in [2.45, 2.75) is 59.2 Å². The molecule has 1 N–H and O–H groups in total. The van der Waals surface area contributed by atoms with Crippen molar-refractivity contribution in [3.05, 3.63) is 52.8 Å². The third-order valence-electron chi connectivity index (χ3n) is 5.59. The first-order valence-electron chi connectivity index (χ1n) is 11.3. The molecule has 1 aliphatic heterocycles. The lowest BCUT2D eigenvalue weighted by Crippen LogP contribution is -2.38. The number of carbonyl (C=O) groups excluding carboxylic acids is 1. The van der Waals surface area contributed by atoms with Crippen LogP contribution in [0, 0.1) is 0 Å². The molecular formula is C24H37IN6O. The molecule has 0 saturated heterocycles. The van der Waals surface area contributed by atoms with E-state index in [1.54, 1.807) is 0 Å². The van der Waals surface area contributed by atoms with Gasteiger partial charge in [0.15, 0.2) is 5.96 Å². The first-order valence-corrected chi connectivity index (χ1v) is 11.3.